The zero-order valence-corrected chi connectivity index (χ0v) is 29.8. The van der Waals surface area contributed by atoms with Gasteiger partial charge in [-0.15, -0.1) is 0 Å². The standard InChI is InChI=1S/C38H52N8O5/c1-38(2,3)46(27-17-11-6-12-18-27)20-19-39-37(50)41-22-30-43-34(40-21-28(25-13-7-4-8-14-25)26-15-9-5-10-16-26)31-35(44-30)45(24-42-31)36-33(49)32(48)29(23-47)51-36/h4-5,7-10,13-16,24,27-29,32-33,36,47-49H,6,11-12,17-23H2,1-3H3,(H2,39,41,50)(H,40,43,44). The SMILES string of the molecule is CC(C)(C)N(CCNC(=O)NCc1nc(NCC(c2ccccc2)c2ccccc2)c2ncn(C3OC(CO)C(O)C3O)c2n1)C1CCCCC1. The van der Waals surface area contributed by atoms with Crippen LogP contribution >= 0.6 is 0 Å². The van der Waals surface area contributed by atoms with Crippen LogP contribution in [0.3, 0.4) is 0 Å². The molecule has 4 unspecified atom stereocenters. The molecule has 1 saturated heterocycles. The molecule has 1 aliphatic heterocycles. The Morgan fingerprint density at radius 2 is 1.63 bits per heavy atom. The molecule has 2 aromatic heterocycles. The summed E-state index contributed by atoms with van der Waals surface area (Å²) in [5.41, 5.74) is 3.05. The number of urea groups is 1. The van der Waals surface area contributed by atoms with Crippen molar-refractivity contribution < 1.29 is 24.9 Å². The van der Waals surface area contributed by atoms with Gasteiger partial charge in [-0.05, 0) is 44.7 Å². The second-order valence-electron chi connectivity index (χ2n) is 14.6. The van der Waals surface area contributed by atoms with Crippen LogP contribution in [-0.2, 0) is 11.3 Å². The molecule has 4 aromatic rings. The molecule has 2 aliphatic rings. The van der Waals surface area contributed by atoms with Gasteiger partial charge in [-0.25, -0.2) is 19.7 Å². The average Bonchev–Trinajstić information content (AvgIpc) is 3.69. The molecule has 2 amide bonds. The molecule has 13 heteroatoms. The number of anilines is 1. The van der Waals surface area contributed by atoms with E-state index in [0.29, 0.717) is 41.9 Å². The Morgan fingerprint density at radius 1 is 0.961 bits per heavy atom. The maximum Gasteiger partial charge on any atom is 0.315 e. The normalized spacial score (nSPS) is 21.4. The molecule has 2 aromatic carbocycles. The number of rotatable bonds is 13. The van der Waals surface area contributed by atoms with Crippen LogP contribution in [0.1, 0.15) is 82.0 Å². The summed E-state index contributed by atoms with van der Waals surface area (Å²) in [6, 6.07) is 20.6. The summed E-state index contributed by atoms with van der Waals surface area (Å²) in [5.74, 6) is 0.768. The van der Waals surface area contributed by atoms with Crippen LogP contribution in [0.5, 0.6) is 0 Å². The van der Waals surface area contributed by atoms with E-state index in [4.69, 9.17) is 14.7 Å². The summed E-state index contributed by atoms with van der Waals surface area (Å²) in [6.07, 6.45) is 3.05. The minimum atomic E-state index is -1.32. The summed E-state index contributed by atoms with van der Waals surface area (Å²) in [6.45, 7) is 8.01. The Kier molecular flexibility index (Phi) is 11.8. The number of carbonyl (C=O) groups is 1. The van der Waals surface area contributed by atoms with Crippen LogP contribution in [0.25, 0.3) is 11.2 Å². The van der Waals surface area contributed by atoms with Crippen molar-refractivity contribution in [3.8, 4) is 0 Å². The maximum absolute atomic E-state index is 13.0. The highest BCUT2D eigenvalue weighted by atomic mass is 16.6. The Hall–Kier alpha value is -4.14. The molecule has 0 bridgehead atoms. The summed E-state index contributed by atoms with van der Waals surface area (Å²) >= 11 is 0. The van der Waals surface area contributed by atoms with Gasteiger partial charge in [0.1, 0.15) is 18.3 Å². The lowest BCUT2D eigenvalue weighted by Crippen LogP contribution is -2.52. The van der Waals surface area contributed by atoms with Gasteiger partial charge in [0.05, 0.1) is 19.5 Å². The predicted molar refractivity (Wildman–Crippen MR) is 195 cm³/mol. The first kappa shape index (κ1) is 36.6. The Morgan fingerprint density at radius 3 is 2.24 bits per heavy atom. The van der Waals surface area contributed by atoms with Crippen LogP contribution in [0.15, 0.2) is 67.0 Å². The number of amides is 2. The number of aliphatic hydroxyl groups is 3. The number of benzene rings is 2. The van der Waals surface area contributed by atoms with Crippen molar-refractivity contribution in [3.05, 3.63) is 83.9 Å². The van der Waals surface area contributed by atoms with E-state index in [1.165, 1.54) is 43.0 Å². The number of hydrogen-bond acceptors (Lipinski definition) is 10. The highest BCUT2D eigenvalue weighted by Gasteiger charge is 2.44. The maximum atomic E-state index is 13.0. The van der Waals surface area contributed by atoms with Crippen molar-refractivity contribution in [2.24, 2.45) is 0 Å². The van der Waals surface area contributed by atoms with E-state index in [1.807, 2.05) is 36.4 Å². The first-order valence-corrected chi connectivity index (χ1v) is 18.1. The Bertz CT molecular complexity index is 1670. The van der Waals surface area contributed by atoms with Crippen molar-refractivity contribution in [1.29, 1.82) is 0 Å². The first-order valence-electron chi connectivity index (χ1n) is 18.1. The van der Waals surface area contributed by atoms with E-state index < -0.39 is 31.1 Å². The van der Waals surface area contributed by atoms with Gasteiger partial charge in [0, 0.05) is 37.1 Å². The van der Waals surface area contributed by atoms with E-state index >= 15 is 0 Å². The summed E-state index contributed by atoms with van der Waals surface area (Å²) in [7, 11) is 0. The van der Waals surface area contributed by atoms with Crippen molar-refractivity contribution in [2.75, 3.05) is 31.6 Å². The van der Waals surface area contributed by atoms with Crippen molar-refractivity contribution >= 4 is 23.0 Å². The topological polar surface area (TPSA) is 170 Å². The van der Waals surface area contributed by atoms with Crippen LogP contribution < -0.4 is 16.0 Å². The van der Waals surface area contributed by atoms with Gasteiger partial charge >= 0.3 is 6.03 Å². The van der Waals surface area contributed by atoms with Gasteiger partial charge in [-0.1, -0.05) is 79.9 Å². The number of hydrogen-bond donors (Lipinski definition) is 6. The first-order chi connectivity index (χ1) is 24.6. The zero-order chi connectivity index (χ0) is 36.0. The third kappa shape index (κ3) is 8.67. The van der Waals surface area contributed by atoms with E-state index in [-0.39, 0.29) is 24.0 Å². The van der Waals surface area contributed by atoms with Gasteiger partial charge < -0.3 is 36.0 Å². The molecule has 0 spiro atoms. The largest absolute Gasteiger partial charge is 0.394 e. The molecule has 2 fully saturated rings. The molecule has 274 valence electrons. The zero-order valence-electron chi connectivity index (χ0n) is 29.8. The number of fused-ring (bicyclic) bond motifs is 1. The molecular weight excluding hydrogens is 648 g/mol. The van der Waals surface area contributed by atoms with Gasteiger partial charge in [-0.2, -0.15) is 0 Å². The third-order valence-electron chi connectivity index (χ3n) is 10.1. The average molecular weight is 701 g/mol. The van der Waals surface area contributed by atoms with E-state index in [0.717, 1.165) is 17.7 Å². The Balaban J connectivity index is 1.21. The van der Waals surface area contributed by atoms with Crippen molar-refractivity contribution in [2.45, 2.75) is 101 Å². The van der Waals surface area contributed by atoms with Crippen LogP contribution in [0.4, 0.5) is 10.6 Å². The number of nitrogens with one attached hydrogen (secondary N) is 3. The predicted octanol–water partition coefficient (Wildman–Crippen LogP) is 3.91. The molecule has 13 nitrogen and oxygen atoms in total. The lowest BCUT2D eigenvalue weighted by Gasteiger charge is -2.43. The lowest BCUT2D eigenvalue weighted by molar-refractivity contribution is -0.0511. The highest BCUT2D eigenvalue weighted by Crippen LogP contribution is 2.33. The van der Waals surface area contributed by atoms with Gasteiger partial charge in [0.15, 0.2) is 29.0 Å². The summed E-state index contributed by atoms with van der Waals surface area (Å²) in [5, 5.41) is 40.4. The number of aliphatic hydroxyl groups excluding tert-OH is 3. The van der Waals surface area contributed by atoms with E-state index in [9.17, 15) is 20.1 Å². The second kappa shape index (κ2) is 16.5. The number of nitrogens with zero attached hydrogens (tertiary/aromatic N) is 5. The van der Waals surface area contributed by atoms with E-state index in [1.54, 1.807) is 0 Å². The second-order valence-corrected chi connectivity index (χ2v) is 14.6. The fourth-order valence-corrected chi connectivity index (χ4v) is 7.43. The van der Waals surface area contributed by atoms with Crippen LogP contribution in [0, 0.1) is 0 Å². The van der Waals surface area contributed by atoms with Gasteiger partial charge in [0.25, 0.3) is 0 Å². The third-order valence-corrected chi connectivity index (χ3v) is 10.1. The van der Waals surface area contributed by atoms with Gasteiger partial charge in [-0.3, -0.25) is 9.47 Å². The lowest BCUT2D eigenvalue weighted by atomic mass is 9.90. The number of ether oxygens (including phenoxy) is 1. The number of carbonyl (C=O) groups excluding carboxylic acids is 1. The van der Waals surface area contributed by atoms with E-state index in [2.05, 4.69) is 70.9 Å². The molecule has 6 rings (SSSR count). The van der Waals surface area contributed by atoms with Crippen LogP contribution in [-0.4, -0.2) is 102 Å². The summed E-state index contributed by atoms with van der Waals surface area (Å²) < 4.78 is 7.35. The van der Waals surface area contributed by atoms with Crippen molar-refractivity contribution in [1.82, 2.24) is 35.1 Å². The number of imidazole rings is 1. The monoisotopic (exact) mass is 700 g/mol. The molecule has 1 saturated carbocycles. The molecule has 0 radical (unpaired) electrons. The molecular formula is C38H52N8O5. The number of aromatic nitrogens is 4. The molecule has 3 heterocycles. The quantitative estimate of drug-likeness (QED) is 0.120. The molecule has 1 aliphatic carbocycles. The molecule has 4 atom stereocenters. The minimum Gasteiger partial charge on any atom is -0.394 e. The minimum absolute atomic E-state index is 0.000354. The van der Waals surface area contributed by atoms with Crippen LogP contribution in [0.2, 0.25) is 0 Å². The highest BCUT2D eigenvalue weighted by molar-refractivity contribution is 5.83. The fraction of sp³-hybridized carbons (Fsp3) is 0.526. The fourth-order valence-electron chi connectivity index (χ4n) is 7.43. The smallest absolute Gasteiger partial charge is 0.315 e. The molecule has 6 N–H and O–H groups in total. The Labute approximate surface area is 299 Å². The van der Waals surface area contributed by atoms with Gasteiger partial charge in [0.2, 0.25) is 0 Å². The van der Waals surface area contributed by atoms with Crippen molar-refractivity contribution in [3.63, 3.8) is 0 Å². The summed E-state index contributed by atoms with van der Waals surface area (Å²) in [4.78, 5) is 29.7. The molecule has 51 heavy (non-hydrogen) atoms.